The molecule has 6 nitrogen and oxygen atoms in total. The van der Waals surface area contributed by atoms with Crippen molar-refractivity contribution in [1.29, 1.82) is 0 Å². The van der Waals surface area contributed by atoms with Gasteiger partial charge in [0.1, 0.15) is 5.82 Å². The first-order chi connectivity index (χ1) is 13.0. The molecule has 2 amide bonds. The van der Waals surface area contributed by atoms with Crippen molar-refractivity contribution < 1.29 is 23.5 Å². The lowest BCUT2D eigenvalue weighted by Gasteiger charge is -2.12. The monoisotopic (exact) mass is 374 g/mol. The van der Waals surface area contributed by atoms with Crippen LogP contribution in [0.1, 0.15) is 26.7 Å². The minimum absolute atomic E-state index is 0.0242. The minimum Gasteiger partial charge on any atom is -0.490 e. The molecule has 7 heteroatoms. The highest BCUT2D eigenvalue weighted by atomic mass is 19.1. The van der Waals surface area contributed by atoms with Crippen LogP contribution in [0.4, 0.5) is 15.8 Å². The molecule has 0 unspecified atom stereocenters. The molecular formula is C20H23FN2O4. The van der Waals surface area contributed by atoms with Gasteiger partial charge in [0.25, 0.3) is 0 Å². The lowest BCUT2D eigenvalue weighted by Crippen LogP contribution is -2.14. The smallest absolute Gasteiger partial charge is 0.224 e. The maximum absolute atomic E-state index is 13.6. The molecule has 2 aromatic rings. The van der Waals surface area contributed by atoms with Gasteiger partial charge in [-0.15, -0.1) is 0 Å². The second-order valence-corrected chi connectivity index (χ2v) is 5.76. The number of anilines is 2. The van der Waals surface area contributed by atoms with Crippen molar-refractivity contribution in [3.05, 3.63) is 48.3 Å². The number of carbonyl (C=O) groups is 2. The fourth-order valence-electron chi connectivity index (χ4n) is 2.37. The predicted octanol–water partition coefficient (Wildman–Crippen LogP) is 3.98. The first-order valence-electron chi connectivity index (χ1n) is 8.71. The van der Waals surface area contributed by atoms with E-state index in [9.17, 15) is 14.0 Å². The number of nitrogens with one attached hydrogen (secondary N) is 2. The Morgan fingerprint density at radius 1 is 1.04 bits per heavy atom. The summed E-state index contributed by atoms with van der Waals surface area (Å²) in [6, 6.07) is 11.4. The van der Waals surface area contributed by atoms with E-state index in [1.165, 1.54) is 25.1 Å². The number of para-hydroxylation sites is 2. The van der Waals surface area contributed by atoms with E-state index in [2.05, 4.69) is 10.6 Å². The average Bonchev–Trinajstić information content (AvgIpc) is 2.63. The summed E-state index contributed by atoms with van der Waals surface area (Å²) in [5.74, 6) is 0.128. The molecular weight excluding hydrogens is 351 g/mol. The highest BCUT2D eigenvalue weighted by Crippen LogP contribution is 2.26. The van der Waals surface area contributed by atoms with Crippen molar-refractivity contribution in [1.82, 2.24) is 0 Å². The lowest BCUT2D eigenvalue weighted by atomic mass is 10.2. The van der Waals surface area contributed by atoms with Crippen molar-refractivity contribution >= 4 is 23.2 Å². The average molecular weight is 374 g/mol. The van der Waals surface area contributed by atoms with E-state index < -0.39 is 5.82 Å². The molecule has 27 heavy (non-hydrogen) atoms. The molecule has 144 valence electrons. The van der Waals surface area contributed by atoms with Crippen molar-refractivity contribution in [2.24, 2.45) is 0 Å². The molecule has 0 aliphatic carbocycles. The number of hydrogen-bond acceptors (Lipinski definition) is 4. The zero-order chi connectivity index (χ0) is 19.6. The summed E-state index contributed by atoms with van der Waals surface area (Å²) in [7, 11) is 0. The summed E-state index contributed by atoms with van der Waals surface area (Å²) in [6.45, 7) is 4.08. The van der Waals surface area contributed by atoms with Crippen molar-refractivity contribution in [3.8, 4) is 11.5 Å². The van der Waals surface area contributed by atoms with Gasteiger partial charge in [-0.3, -0.25) is 9.59 Å². The number of hydrogen-bond donors (Lipinski definition) is 2. The minimum atomic E-state index is -0.565. The largest absolute Gasteiger partial charge is 0.490 e. The van der Waals surface area contributed by atoms with Gasteiger partial charge in [-0.1, -0.05) is 12.1 Å². The van der Waals surface area contributed by atoms with Crippen LogP contribution in [0.2, 0.25) is 0 Å². The molecule has 0 spiro atoms. The van der Waals surface area contributed by atoms with Crippen molar-refractivity contribution in [3.63, 3.8) is 0 Å². The Hall–Kier alpha value is -3.09. The quantitative estimate of drug-likeness (QED) is 0.651. The van der Waals surface area contributed by atoms with Gasteiger partial charge < -0.3 is 20.1 Å². The van der Waals surface area contributed by atoms with Gasteiger partial charge in [-0.2, -0.15) is 0 Å². The third-order valence-corrected chi connectivity index (χ3v) is 3.52. The van der Waals surface area contributed by atoms with Crippen LogP contribution in [0.15, 0.2) is 42.5 Å². The van der Waals surface area contributed by atoms with Gasteiger partial charge in [0.05, 0.1) is 18.9 Å². The predicted molar refractivity (Wildman–Crippen MR) is 102 cm³/mol. The summed E-state index contributed by atoms with van der Waals surface area (Å²) in [5.41, 5.74) is 0.434. The highest BCUT2D eigenvalue weighted by Gasteiger charge is 2.08. The van der Waals surface area contributed by atoms with Gasteiger partial charge in [-0.25, -0.2) is 4.39 Å². The van der Waals surface area contributed by atoms with Crippen LogP contribution in [0.25, 0.3) is 0 Å². The molecule has 0 radical (unpaired) electrons. The van der Waals surface area contributed by atoms with E-state index in [4.69, 9.17) is 9.47 Å². The zero-order valence-electron chi connectivity index (χ0n) is 15.4. The van der Waals surface area contributed by atoms with Crippen LogP contribution in [0.3, 0.4) is 0 Å². The zero-order valence-corrected chi connectivity index (χ0v) is 15.4. The second-order valence-electron chi connectivity index (χ2n) is 5.76. The van der Waals surface area contributed by atoms with E-state index in [1.807, 2.05) is 31.2 Å². The lowest BCUT2D eigenvalue weighted by molar-refractivity contribution is -0.116. The Kier molecular flexibility index (Phi) is 7.61. The number of rotatable bonds is 9. The topological polar surface area (TPSA) is 76.7 Å². The summed E-state index contributed by atoms with van der Waals surface area (Å²) < 4.78 is 24.8. The molecule has 0 aliphatic heterocycles. The van der Waals surface area contributed by atoms with Crippen LogP contribution in [-0.2, 0) is 9.59 Å². The van der Waals surface area contributed by atoms with E-state index in [-0.39, 0.29) is 23.9 Å². The third-order valence-electron chi connectivity index (χ3n) is 3.52. The summed E-state index contributed by atoms with van der Waals surface area (Å²) in [4.78, 5) is 23.1. The SMILES string of the molecule is CCOc1ccccc1OCCCC(=O)Nc1ccc(F)c(NC(C)=O)c1. The molecule has 2 aromatic carbocycles. The van der Waals surface area contributed by atoms with Crippen LogP contribution >= 0.6 is 0 Å². The molecule has 2 N–H and O–H groups in total. The Labute approximate surface area is 157 Å². The van der Waals surface area contributed by atoms with E-state index in [0.717, 1.165) is 0 Å². The number of carbonyl (C=O) groups excluding carboxylic acids is 2. The molecule has 0 saturated carbocycles. The van der Waals surface area contributed by atoms with Crippen molar-refractivity contribution in [2.45, 2.75) is 26.7 Å². The first-order valence-corrected chi connectivity index (χ1v) is 8.71. The van der Waals surface area contributed by atoms with Crippen LogP contribution in [0.5, 0.6) is 11.5 Å². The van der Waals surface area contributed by atoms with E-state index in [1.54, 1.807) is 0 Å². The normalized spacial score (nSPS) is 10.2. The van der Waals surface area contributed by atoms with E-state index >= 15 is 0 Å². The molecule has 0 heterocycles. The Morgan fingerprint density at radius 3 is 2.41 bits per heavy atom. The fraction of sp³-hybridized carbons (Fsp3) is 0.300. The van der Waals surface area contributed by atoms with Gasteiger partial charge in [-0.05, 0) is 43.7 Å². The highest BCUT2D eigenvalue weighted by molar-refractivity contribution is 5.93. The van der Waals surface area contributed by atoms with Crippen LogP contribution in [-0.4, -0.2) is 25.0 Å². The van der Waals surface area contributed by atoms with Gasteiger partial charge >= 0.3 is 0 Å². The maximum atomic E-state index is 13.6. The van der Waals surface area contributed by atoms with Crippen LogP contribution < -0.4 is 20.1 Å². The number of benzene rings is 2. The Bertz CT molecular complexity index is 795. The second kappa shape index (κ2) is 10.2. The Morgan fingerprint density at radius 2 is 1.74 bits per heavy atom. The summed E-state index contributed by atoms with van der Waals surface area (Å²) in [5, 5.41) is 5.05. The molecule has 0 fully saturated rings. The first kappa shape index (κ1) is 20.2. The maximum Gasteiger partial charge on any atom is 0.224 e. The summed E-state index contributed by atoms with van der Waals surface area (Å²) >= 11 is 0. The molecule has 0 saturated heterocycles. The molecule has 2 rings (SSSR count). The van der Waals surface area contributed by atoms with Gasteiger partial charge in [0.2, 0.25) is 11.8 Å². The van der Waals surface area contributed by atoms with Crippen LogP contribution in [0, 0.1) is 5.82 Å². The molecule has 0 atom stereocenters. The molecule has 0 aromatic heterocycles. The number of ether oxygens (including phenoxy) is 2. The van der Waals surface area contributed by atoms with Gasteiger partial charge in [0.15, 0.2) is 11.5 Å². The standard InChI is InChI=1S/C20H23FN2O4/c1-3-26-18-7-4-5-8-19(18)27-12-6-9-20(25)23-15-10-11-16(21)17(13-15)22-14(2)24/h4-5,7-8,10-11,13H,3,6,9,12H2,1-2H3,(H,22,24)(H,23,25). The summed E-state index contributed by atoms with van der Waals surface area (Å²) in [6.07, 6.45) is 0.746. The fourth-order valence-corrected chi connectivity index (χ4v) is 2.37. The van der Waals surface area contributed by atoms with E-state index in [0.29, 0.717) is 36.8 Å². The molecule has 0 aliphatic rings. The third kappa shape index (κ3) is 6.62. The van der Waals surface area contributed by atoms with Gasteiger partial charge in [0, 0.05) is 19.0 Å². The van der Waals surface area contributed by atoms with Crippen molar-refractivity contribution in [2.75, 3.05) is 23.8 Å². The molecule has 0 bridgehead atoms. The Balaban J connectivity index is 1.81. The number of halogens is 1. The number of amides is 2.